The van der Waals surface area contributed by atoms with Crippen molar-refractivity contribution in [1.82, 2.24) is 0 Å². The van der Waals surface area contributed by atoms with Gasteiger partial charge in [0.15, 0.2) is 5.78 Å². The molecular weight excluding hydrogens is 365 g/mol. The predicted octanol–water partition coefficient (Wildman–Crippen LogP) is 5.32. The van der Waals surface area contributed by atoms with E-state index in [0.717, 1.165) is 5.56 Å². The van der Waals surface area contributed by atoms with Crippen LogP contribution in [0.3, 0.4) is 0 Å². The van der Waals surface area contributed by atoms with Gasteiger partial charge >= 0.3 is 0 Å². The van der Waals surface area contributed by atoms with E-state index in [9.17, 15) is 14.0 Å². The van der Waals surface area contributed by atoms with Gasteiger partial charge in [0.2, 0.25) is 5.91 Å². The van der Waals surface area contributed by atoms with Crippen LogP contribution in [0.1, 0.15) is 42.7 Å². The zero-order valence-electron chi connectivity index (χ0n) is 15.0. The van der Waals surface area contributed by atoms with Crippen molar-refractivity contribution in [3.8, 4) is 0 Å². The molecule has 1 amide bonds. The Morgan fingerprint density at radius 3 is 2.63 bits per heavy atom. The van der Waals surface area contributed by atoms with E-state index in [2.05, 4.69) is 0 Å². The van der Waals surface area contributed by atoms with E-state index in [1.165, 1.54) is 6.07 Å². The van der Waals surface area contributed by atoms with E-state index < -0.39 is 5.92 Å². The Hall–Kier alpha value is -2.46. The maximum atomic E-state index is 14.4. The summed E-state index contributed by atoms with van der Waals surface area (Å²) in [5.41, 5.74) is 3.17. The number of carbonyl (C=O) groups excluding carboxylic acids is 2. The Bertz CT molecular complexity index is 982. The molecule has 0 saturated heterocycles. The highest BCUT2D eigenvalue weighted by atomic mass is 35.5. The summed E-state index contributed by atoms with van der Waals surface area (Å²) in [6, 6.07) is 11.8. The van der Waals surface area contributed by atoms with Gasteiger partial charge in [-0.25, -0.2) is 4.39 Å². The van der Waals surface area contributed by atoms with Crippen LogP contribution < -0.4 is 4.90 Å². The molecule has 3 nitrogen and oxygen atoms in total. The summed E-state index contributed by atoms with van der Waals surface area (Å²) in [5, 5.41) is 0.570. The van der Waals surface area contributed by atoms with Crippen molar-refractivity contribution < 1.29 is 14.0 Å². The van der Waals surface area contributed by atoms with E-state index in [0.29, 0.717) is 46.8 Å². The first-order chi connectivity index (χ1) is 13.0. The Kier molecular flexibility index (Phi) is 4.60. The second kappa shape index (κ2) is 6.93. The molecule has 0 radical (unpaired) electrons. The van der Waals surface area contributed by atoms with Crippen LogP contribution in [-0.2, 0) is 9.59 Å². The zero-order valence-corrected chi connectivity index (χ0v) is 15.7. The van der Waals surface area contributed by atoms with Crippen molar-refractivity contribution in [3.05, 3.63) is 75.7 Å². The third kappa shape index (κ3) is 2.98. The van der Waals surface area contributed by atoms with Gasteiger partial charge in [-0.1, -0.05) is 35.9 Å². The van der Waals surface area contributed by atoms with Crippen molar-refractivity contribution in [2.75, 3.05) is 4.90 Å². The number of hydrogen-bond acceptors (Lipinski definition) is 2. The van der Waals surface area contributed by atoms with Crippen LogP contribution in [-0.4, -0.2) is 11.7 Å². The van der Waals surface area contributed by atoms with Gasteiger partial charge in [0.1, 0.15) is 5.82 Å². The Morgan fingerprint density at radius 2 is 1.85 bits per heavy atom. The molecule has 1 aliphatic heterocycles. The second-order valence-corrected chi connectivity index (χ2v) is 7.44. The maximum Gasteiger partial charge on any atom is 0.232 e. The van der Waals surface area contributed by atoms with E-state index in [-0.39, 0.29) is 23.9 Å². The Morgan fingerprint density at radius 1 is 1.07 bits per heavy atom. The van der Waals surface area contributed by atoms with Crippen molar-refractivity contribution in [2.24, 2.45) is 0 Å². The molecule has 2 aromatic rings. The number of hydrogen-bond donors (Lipinski definition) is 0. The third-order valence-electron chi connectivity index (χ3n) is 5.44. The summed E-state index contributed by atoms with van der Waals surface area (Å²) in [6.07, 6.45) is 1.80. The lowest BCUT2D eigenvalue weighted by Crippen LogP contribution is -2.41. The van der Waals surface area contributed by atoms with E-state index >= 15 is 0 Å². The van der Waals surface area contributed by atoms with E-state index in [1.807, 2.05) is 13.0 Å². The summed E-state index contributed by atoms with van der Waals surface area (Å²) in [5.74, 6) is -1.05. The number of rotatable bonds is 2. The quantitative estimate of drug-likeness (QED) is 0.704. The molecule has 1 aliphatic carbocycles. The standard InChI is InChI=1S/C22H19ClFNO2/c1-13-16(23)7-4-9-18(13)25-19-10-5-11-20(26)22(19)15(12-21(25)27)14-6-2-3-8-17(14)24/h2-4,6-9,15H,5,10-12H2,1H3. The highest BCUT2D eigenvalue weighted by molar-refractivity contribution is 6.31. The molecular formula is C22H19ClFNO2. The first kappa shape index (κ1) is 17.9. The second-order valence-electron chi connectivity index (χ2n) is 7.03. The van der Waals surface area contributed by atoms with Gasteiger partial charge < -0.3 is 0 Å². The number of nitrogens with zero attached hydrogens (tertiary/aromatic N) is 1. The highest BCUT2D eigenvalue weighted by Crippen LogP contribution is 2.44. The normalized spacial score (nSPS) is 20.1. The van der Waals surface area contributed by atoms with Crippen LogP contribution in [0.2, 0.25) is 5.02 Å². The third-order valence-corrected chi connectivity index (χ3v) is 5.85. The van der Waals surface area contributed by atoms with Gasteiger partial charge in [-0.3, -0.25) is 14.5 Å². The molecule has 0 N–H and O–H groups in total. The lowest BCUT2D eigenvalue weighted by atomic mass is 9.77. The van der Waals surface area contributed by atoms with Crippen molar-refractivity contribution >= 4 is 29.0 Å². The molecule has 0 aromatic heterocycles. The average molecular weight is 384 g/mol. The topological polar surface area (TPSA) is 37.4 Å². The fraction of sp³-hybridized carbons (Fsp3) is 0.273. The maximum absolute atomic E-state index is 14.4. The summed E-state index contributed by atoms with van der Waals surface area (Å²) in [7, 11) is 0. The molecule has 1 heterocycles. The number of allylic oxidation sites excluding steroid dienone is 2. The summed E-state index contributed by atoms with van der Waals surface area (Å²) in [6.45, 7) is 1.86. The fourth-order valence-electron chi connectivity index (χ4n) is 4.13. The Balaban J connectivity index is 1.92. The minimum absolute atomic E-state index is 0.00156. The largest absolute Gasteiger partial charge is 0.294 e. The number of anilines is 1. The monoisotopic (exact) mass is 383 g/mol. The molecule has 138 valence electrons. The van der Waals surface area contributed by atoms with Gasteiger partial charge in [-0.2, -0.15) is 0 Å². The molecule has 2 aromatic carbocycles. The summed E-state index contributed by atoms with van der Waals surface area (Å²) >= 11 is 6.26. The average Bonchev–Trinajstić information content (AvgIpc) is 2.65. The lowest BCUT2D eigenvalue weighted by molar-refractivity contribution is -0.119. The molecule has 2 aliphatic rings. The molecule has 0 saturated carbocycles. The molecule has 1 unspecified atom stereocenters. The molecule has 5 heteroatoms. The van der Waals surface area contributed by atoms with Gasteiger partial charge in [0.05, 0.1) is 5.69 Å². The van der Waals surface area contributed by atoms with Crippen LogP contribution in [0.25, 0.3) is 0 Å². The van der Waals surface area contributed by atoms with Crippen LogP contribution in [0.5, 0.6) is 0 Å². The number of benzene rings is 2. The van der Waals surface area contributed by atoms with Crippen LogP contribution in [0, 0.1) is 12.7 Å². The fourth-order valence-corrected chi connectivity index (χ4v) is 4.30. The zero-order chi connectivity index (χ0) is 19.1. The molecule has 0 bridgehead atoms. The van der Waals surface area contributed by atoms with Crippen molar-refractivity contribution in [2.45, 2.75) is 38.5 Å². The smallest absolute Gasteiger partial charge is 0.232 e. The number of carbonyl (C=O) groups is 2. The highest BCUT2D eigenvalue weighted by Gasteiger charge is 2.40. The van der Waals surface area contributed by atoms with E-state index in [1.54, 1.807) is 35.2 Å². The number of Topliss-reactive ketones (excluding diaryl/α,β-unsaturated/α-hetero) is 1. The first-order valence-corrected chi connectivity index (χ1v) is 9.45. The molecule has 1 atom stereocenters. The summed E-state index contributed by atoms with van der Waals surface area (Å²) < 4.78 is 14.4. The minimum atomic E-state index is -0.530. The predicted molar refractivity (Wildman–Crippen MR) is 103 cm³/mol. The van der Waals surface area contributed by atoms with Gasteiger partial charge in [-0.15, -0.1) is 0 Å². The lowest BCUT2D eigenvalue weighted by Gasteiger charge is -2.39. The van der Waals surface area contributed by atoms with Gasteiger partial charge in [-0.05, 0) is 49.1 Å². The van der Waals surface area contributed by atoms with Crippen LogP contribution >= 0.6 is 11.6 Å². The van der Waals surface area contributed by atoms with Gasteiger partial charge in [0, 0.05) is 35.1 Å². The van der Waals surface area contributed by atoms with E-state index in [4.69, 9.17) is 11.6 Å². The first-order valence-electron chi connectivity index (χ1n) is 9.07. The van der Waals surface area contributed by atoms with Crippen LogP contribution in [0.15, 0.2) is 53.7 Å². The van der Waals surface area contributed by atoms with Crippen molar-refractivity contribution in [1.29, 1.82) is 0 Å². The summed E-state index contributed by atoms with van der Waals surface area (Å²) in [4.78, 5) is 27.6. The Labute approximate surface area is 162 Å². The molecule has 0 spiro atoms. The molecule has 27 heavy (non-hydrogen) atoms. The SMILES string of the molecule is Cc1c(Cl)cccc1N1C(=O)CC(c2ccccc2F)C2=C1CCCC2=O. The number of ketones is 1. The van der Waals surface area contributed by atoms with Crippen molar-refractivity contribution in [3.63, 3.8) is 0 Å². The van der Waals surface area contributed by atoms with Crippen LogP contribution in [0.4, 0.5) is 10.1 Å². The number of halogens is 2. The minimum Gasteiger partial charge on any atom is -0.294 e. The molecule has 0 fully saturated rings. The number of amides is 1. The van der Waals surface area contributed by atoms with Gasteiger partial charge in [0.25, 0.3) is 0 Å². The molecule has 4 rings (SSSR count).